The van der Waals surface area contributed by atoms with Crippen molar-refractivity contribution in [1.29, 1.82) is 0 Å². The molecule has 2 N–H and O–H groups in total. The van der Waals surface area contributed by atoms with Crippen molar-refractivity contribution >= 4 is 17.5 Å². The van der Waals surface area contributed by atoms with Gasteiger partial charge >= 0.3 is 0 Å². The maximum absolute atomic E-state index is 12.3. The maximum Gasteiger partial charge on any atom is 0.274 e. The highest BCUT2D eigenvalue weighted by molar-refractivity contribution is 6.03. The van der Waals surface area contributed by atoms with E-state index >= 15 is 0 Å². The number of aromatic nitrogens is 2. The molecule has 0 saturated heterocycles. The quantitative estimate of drug-likeness (QED) is 0.885. The second kappa shape index (κ2) is 6.83. The van der Waals surface area contributed by atoms with Crippen LogP contribution in [0.2, 0.25) is 0 Å². The first-order valence-electron chi connectivity index (χ1n) is 7.06. The Morgan fingerprint density at radius 2 is 1.90 bits per heavy atom. The zero-order chi connectivity index (χ0) is 15.2. The van der Waals surface area contributed by atoms with Gasteiger partial charge in [-0.05, 0) is 37.5 Å². The predicted molar refractivity (Wildman–Crippen MR) is 84.7 cm³/mol. The molecule has 21 heavy (non-hydrogen) atoms. The number of carbonyl (C=O) groups is 1. The average Bonchev–Trinajstić information content (AvgIpc) is 2.49. The topological polar surface area (TPSA) is 66.9 Å². The third-order valence-corrected chi connectivity index (χ3v) is 3.14. The van der Waals surface area contributed by atoms with Crippen molar-refractivity contribution in [3.8, 4) is 0 Å². The van der Waals surface area contributed by atoms with E-state index in [1.54, 1.807) is 12.3 Å². The molecule has 0 atom stereocenters. The second-order valence-electron chi connectivity index (χ2n) is 4.91. The van der Waals surface area contributed by atoms with Crippen LogP contribution >= 0.6 is 0 Å². The standard InChI is InChI=1S/C16H20N4O/c1-4-9-17-16-18-10-8-13(19-16)15(21)20-14-11(2)6-5-7-12(14)3/h5-8,10H,4,9H2,1-3H3,(H,20,21)(H,17,18,19). The van der Waals surface area contributed by atoms with E-state index in [9.17, 15) is 4.79 Å². The lowest BCUT2D eigenvalue weighted by Gasteiger charge is -2.11. The molecule has 2 rings (SSSR count). The molecule has 0 aliphatic heterocycles. The van der Waals surface area contributed by atoms with Gasteiger partial charge in [0.1, 0.15) is 5.69 Å². The van der Waals surface area contributed by atoms with E-state index in [0.717, 1.165) is 29.8 Å². The van der Waals surface area contributed by atoms with Crippen LogP contribution in [0.5, 0.6) is 0 Å². The average molecular weight is 284 g/mol. The summed E-state index contributed by atoms with van der Waals surface area (Å²) >= 11 is 0. The molecule has 1 aromatic heterocycles. The van der Waals surface area contributed by atoms with E-state index in [2.05, 4.69) is 27.5 Å². The number of amides is 1. The number of hydrogen-bond donors (Lipinski definition) is 2. The monoisotopic (exact) mass is 284 g/mol. The van der Waals surface area contributed by atoms with Crippen molar-refractivity contribution in [2.24, 2.45) is 0 Å². The number of aryl methyl sites for hydroxylation is 2. The molecule has 0 saturated carbocycles. The van der Waals surface area contributed by atoms with Crippen molar-refractivity contribution in [1.82, 2.24) is 9.97 Å². The van der Waals surface area contributed by atoms with E-state index in [-0.39, 0.29) is 5.91 Å². The van der Waals surface area contributed by atoms with Crippen LogP contribution in [0.25, 0.3) is 0 Å². The van der Waals surface area contributed by atoms with Gasteiger partial charge in [-0.15, -0.1) is 0 Å². The Balaban J connectivity index is 2.17. The number of benzene rings is 1. The summed E-state index contributed by atoms with van der Waals surface area (Å²) in [5.41, 5.74) is 3.25. The minimum Gasteiger partial charge on any atom is -0.354 e. The van der Waals surface area contributed by atoms with Crippen LogP contribution < -0.4 is 10.6 Å². The highest BCUT2D eigenvalue weighted by Crippen LogP contribution is 2.20. The minimum absolute atomic E-state index is 0.227. The van der Waals surface area contributed by atoms with Gasteiger partial charge in [0.25, 0.3) is 5.91 Å². The largest absolute Gasteiger partial charge is 0.354 e. The third-order valence-electron chi connectivity index (χ3n) is 3.14. The lowest BCUT2D eigenvalue weighted by Crippen LogP contribution is -2.16. The predicted octanol–water partition coefficient (Wildman–Crippen LogP) is 3.17. The second-order valence-corrected chi connectivity index (χ2v) is 4.91. The summed E-state index contributed by atoms with van der Waals surface area (Å²) < 4.78 is 0. The van der Waals surface area contributed by atoms with Crippen LogP contribution in [0.1, 0.15) is 35.0 Å². The highest BCUT2D eigenvalue weighted by Gasteiger charge is 2.11. The molecule has 0 radical (unpaired) electrons. The van der Waals surface area contributed by atoms with Crippen LogP contribution in [-0.4, -0.2) is 22.4 Å². The first kappa shape index (κ1) is 15.0. The highest BCUT2D eigenvalue weighted by atomic mass is 16.1. The van der Waals surface area contributed by atoms with Gasteiger partial charge in [0.05, 0.1) is 0 Å². The van der Waals surface area contributed by atoms with Crippen LogP contribution in [-0.2, 0) is 0 Å². The molecule has 1 heterocycles. The first-order chi connectivity index (χ1) is 10.1. The normalized spacial score (nSPS) is 10.2. The first-order valence-corrected chi connectivity index (χ1v) is 7.06. The van der Waals surface area contributed by atoms with Crippen molar-refractivity contribution in [3.05, 3.63) is 47.3 Å². The van der Waals surface area contributed by atoms with Crippen molar-refractivity contribution in [2.45, 2.75) is 27.2 Å². The van der Waals surface area contributed by atoms with E-state index in [4.69, 9.17) is 0 Å². The Kier molecular flexibility index (Phi) is 4.87. The zero-order valence-corrected chi connectivity index (χ0v) is 12.6. The Morgan fingerprint density at radius 1 is 1.19 bits per heavy atom. The summed E-state index contributed by atoms with van der Waals surface area (Å²) in [4.78, 5) is 20.6. The summed E-state index contributed by atoms with van der Waals surface area (Å²) in [5, 5.41) is 6.00. The third kappa shape index (κ3) is 3.78. The number of para-hydroxylation sites is 1. The molecule has 110 valence electrons. The van der Waals surface area contributed by atoms with Crippen molar-refractivity contribution in [3.63, 3.8) is 0 Å². The summed E-state index contributed by atoms with van der Waals surface area (Å²) in [6.07, 6.45) is 2.56. The van der Waals surface area contributed by atoms with E-state index in [1.165, 1.54) is 0 Å². The van der Waals surface area contributed by atoms with E-state index in [1.807, 2.05) is 32.0 Å². The molecule has 0 aliphatic carbocycles. The molecule has 0 unspecified atom stereocenters. The number of anilines is 2. The molecule has 1 aromatic carbocycles. The Morgan fingerprint density at radius 3 is 2.57 bits per heavy atom. The smallest absolute Gasteiger partial charge is 0.274 e. The fourth-order valence-electron chi connectivity index (χ4n) is 2.00. The van der Waals surface area contributed by atoms with E-state index < -0.39 is 0 Å². The lowest BCUT2D eigenvalue weighted by atomic mass is 10.1. The Labute approximate surface area is 124 Å². The molecule has 0 fully saturated rings. The summed E-state index contributed by atoms with van der Waals surface area (Å²) in [6, 6.07) is 7.52. The van der Waals surface area contributed by atoms with Gasteiger partial charge in [-0.2, -0.15) is 0 Å². The van der Waals surface area contributed by atoms with Gasteiger partial charge in [-0.1, -0.05) is 25.1 Å². The van der Waals surface area contributed by atoms with Crippen LogP contribution in [0.3, 0.4) is 0 Å². The summed E-state index contributed by atoms with van der Waals surface area (Å²) in [7, 11) is 0. The van der Waals surface area contributed by atoms with Gasteiger partial charge < -0.3 is 10.6 Å². The van der Waals surface area contributed by atoms with Crippen LogP contribution in [0, 0.1) is 13.8 Å². The molecule has 2 aromatic rings. The number of nitrogens with zero attached hydrogens (tertiary/aromatic N) is 2. The van der Waals surface area contributed by atoms with Gasteiger partial charge in [-0.25, -0.2) is 9.97 Å². The van der Waals surface area contributed by atoms with Crippen LogP contribution in [0.4, 0.5) is 11.6 Å². The van der Waals surface area contributed by atoms with Gasteiger partial charge in [-0.3, -0.25) is 4.79 Å². The summed E-state index contributed by atoms with van der Waals surface area (Å²) in [5.74, 6) is 0.250. The fourth-order valence-corrected chi connectivity index (χ4v) is 2.00. The number of carbonyl (C=O) groups excluding carboxylic acids is 1. The van der Waals surface area contributed by atoms with Gasteiger partial charge in [0.15, 0.2) is 0 Å². The number of nitrogens with one attached hydrogen (secondary N) is 2. The molecule has 5 nitrogen and oxygen atoms in total. The Hall–Kier alpha value is -2.43. The number of hydrogen-bond acceptors (Lipinski definition) is 4. The van der Waals surface area contributed by atoms with Gasteiger partial charge in [0.2, 0.25) is 5.95 Å². The van der Waals surface area contributed by atoms with Crippen LogP contribution in [0.15, 0.2) is 30.5 Å². The summed E-state index contributed by atoms with van der Waals surface area (Å²) in [6.45, 7) is 6.78. The van der Waals surface area contributed by atoms with Gasteiger partial charge in [0, 0.05) is 18.4 Å². The number of rotatable bonds is 5. The molecule has 5 heteroatoms. The van der Waals surface area contributed by atoms with E-state index in [0.29, 0.717) is 11.6 Å². The molecule has 0 aliphatic rings. The zero-order valence-electron chi connectivity index (χ0n) is 12.6. The molecular formula is C16H20N4O. The molecule has 0 bridgehead atoms. The lowest BCUT2D eigenvalue weighted by molar-refractivity contribution is 0.102. The molecule has 1 amide bonds. The minimum atomic E-state index is -0.227. The molecule has 0 spiro atoms. The fraction of sp³-hybridized carbons (Fsp3) is 0.312. The maximum atomic E-state index is 12.3. The van der Waals surface area contributed by atoms with Crippen molar-refractivity contribution < 1.29 is 4.79 Å². The Bertz CT molecular complexity index is 620. The van der Waals surface area contributed by atoms with Crippen molar-refractivity contribution in [2.75, 3.05) is 17.2 Å². The molecular weight excluding hydrogens is 264 g/mol. The SMILES string of the molecule is CCCNc1nccc(C(=O)Nc2c(C)cccc2C)n1.